The van der Waals surface area contributed by atoms with Crippen LogP contribution < -0.4 is 10.6 Å². The van der Waals surface area contributed by atoms with Crippen LogP contribution in [-0.4, -0.2) is 124 Å². The molecular formula is C42H72N2O9S2. The highest BCUT2D eigenvalue weighted by atomic mass is 32.3. The summed E-state index contributed by atoms with van der Waals surface area (Å²) in [7, 11) is -1.55. The lowest BCUT2D eigenvalue weighted by Gasteiger charge is -2.43. The molecule has 0 aromatic heterocycles. The van der Waals surface area contributed by atoms with Gasteiger partial charge in [-0.25, -0.2) is 29.6 Å². The standard InChI is InChI=1S/C42H72N2O9S2/c1-15-35(5)21-22-41(9,31-52-39(45)17-3)43-37(7)49-27-25-47-23-19-29-54(11,12)34-55(13,14)30-20-24-48-26-28-50-38(8)44-42(10,32-51-36(6)16-2)33-53-40(46)18-4/h15-18,43-44H,1-8,19-34H2,9-14H3. The Labute approximate surface area is 336 Å². The first kappa shape index (κ1) is 51.5. The molecule has 0 saturated heterocycles. The predicted molar refractivity (Wildman–Crippen MR) is 234 cm³/mol. The van der Waals surface area contributed by atoms with E-state index >= 15 is 0 Å². The maximum absolute atomic E-state index is 11.7. The number of carbonyl (C=O) groups excluding carboxylic acids is 2. The second kappa shape index (κ2) is 27.1. The predicted octanol–water partition coefficient (Wildman–Crippen LogP) is 7.26. The minimum atomic E-state index is -0.818. The lowest BCUT2D eigenvalue weighted by molar-refractivity contribution is -0.141. The Balaban J connectivity index is 4.41. The monoisotopic (exact) mass is 812 g/mol. The normalized spacial score (nSPS) is 14.0. The summed E-state index contributed by atoms with van der Waals surface area (Å²) >= 11 is 0. The summed E-state index contributed by atoms with van der Waals surface area (Å²) in [5.41, 5.74) is -0.521. The molecule has 0 bridgehead atoms. The highest BCUT2D eigenvalue weighted by Gasteiger charge is 2.29. The van der Waals surface area contributed by atoms with Crippen LogP contribution in [0.15, 0.2) is 100 Å². The molecule has 55 heavy (non-hydrogen) atoms. The molecule has 0 rings (SSSR count). The van der Waals surface area contributed by atoms with Crippen LogP contribution in [-0.2, 0) is 42.7 Å². The molecule has 0 aliphatic carbocycles. The zero-order chi connectivity index (χ0) is 42.0. The number of hydrogen-bond acceptors (Lipinski definition) is 11. The third-order valence-electron chi connectivity index (χ3n) is 7.99. The van der Waals surface area contributed by atoms with Crippen molar-refractivity contribution in [2.24, 2.45) is 0 Å². The lowest BCUT2D eigenvalue weighted by Crippen LogP contribution is -2.50. The first-order valence-electron chi connectivity index (χ1n) is 18.3. The summed E-state index contributed by atoms with van der Waals surface area (Å²) in [4.78, 5) is 23.3. The molecule has 0 amide bonds. The van der Waals surface area contributed by atoms with Gasteiger partial charge in [-0.1, -0.05) is 51.1 Å². The smallest absolute Gasteiger partial charge is 0.330 e. The number of esters is 2. The van der Waals surface area contributed by atoms with Gasteiger partial charge < -0.3 is 43.8 Å². The van der Waals surface area contributed by atoms with Crippen molar-refractivity contribution in [1.82, 2.24) is 10.6 Å². The average molecular weight is 813 g/mol. The van der Waals surface area contributed by atoms with Crippen molar-refractivity contribution >= 4 is 32.0 Å². The number of nitrogens with one attached hydrogen (secondary N) is 2. The van der Waals surface area contributed by atoms with Crippen LogP contribution in [0.5, 0.6) is 0 Å². The molecule has 0 spiro atoms. The van der Waals surface area contributed by atoms with E-state index in [0.717, 1.165) is 42.1 Å². The van der Waals surface area contributed by atoms with E-state index in [0.29, 0.717) is 70.0 Å². The van der Waals surface area contributed by atoms with Crippen molar-refractivity contribution in [1.29, 1.82) is 0 Å². The Morgan fingerprint density at radius 1 is 0.582 bits per heavy atom. The van der Waals surface area contributed by atoms with Crippen LogP contribution in [0.2, 0.25) is 0 Å². The van der Waals surface area contributed by atoms with Crippen LogP contribution in [0.25, 0.3) is 0 Å². The molecule has 316 valence electrons. The highest BCUT2D eigenvalue weighted by Crippen LogP contribution is 2.56. The van der Waals surface area contributed by atoms with E-state index < -0.39 is 43.1 Å². The summed E-state index contributed by atoms with van der Waals surface area (Å²) in [6.45, 7) is 36.8. The molecule has 2 unspecified atom stereocenters. The van der Waals surface area contributed by atoms with Gasteiger partial charge in [0.2, 0.25) is 0 Å². The summed E-state index contributed by atoms with van der Waals surface area (Å²) in [5.74, 6) is 2.36. The largest absolute Gasteiger partial charge is 0.492 e. The third-order valence-corrected chi connectivity index (χ3v) is 15.9. The van der Waals surface area contributed by atoms with Crippen LogP contribution in [0.4, 0.5) is 0 Å². The fourth-order valence-corrected chi connectivity index (χ4v) is 14.8. The summed E-state index contributed by atoms with van der Waals surface area (Å²) in [5, 5.41) is 7.63. The molecule has 0 aromatic rings. The minimum absolute atomic E-state index is 0.00615. The lowest BCUT2D eigenvalue weighted by atomic mass is 9.94. The van der Waals surface area contributed by atoms with Crippen LogP contribution in [0.1, 0.15) is 39.5 Å². The van der Waals surface area contributed by atoms with Crippen LogP contribution in [0.3, 0.4) is 0 Å². The second-order valence-electron chi connectivity index (χ2n) is 14.9. The van der Waals surface area contributed by atoms with Crippen molar-refractivity contribution in [3.63, 3.8) is 0 Å². The molecule has 0 aliphatic heterocycles. The zero-order valence-corrected chi connectivity index (χ0v) is 36.4. The van der Waals surface area contributed by atoms with Crippen molar-refractivity contribution in [2.45, 2.75) is 50.6 Å². The van der Waals surface area contributed by atoms with Crippen molar-refractivity contribution in [3.8, 4) is 0 Å². The molecule has 0 fully saturated rings. The quantitative estimate of drug-likeness (QED) is 0.0219. The topological polar surface area (TPSA) is 123 Å². The van der Waals surface area contributed by atoms with Crippen LogP contribution >= 0.6 is 20.1 Å². The Bertz CT molecular complexity index is 1150. The van der Waals surface area contributed by atoms with Gasteiger partial charge >= 0.3 is 11.9 Å². The summed E-state index contributed by atoms with van der Waals surface area (Å²) < 4.78 is 39.4. The maximum Gasteiger partial charge on any atom is 0.330 e. The van der Waals surface area contributed by atoms with Gasteiger partial charge in [-0.2, -0.15) is 0 Å². The highest BCUT2D eigenvalue weighted by molar-refractivity contribution is 8.47. The fraction of sp³-hybridized carbons (Fsp3) is 0.571. The van der Waals surface area contributed by atoms with Crippen molar-refractivity contribution < 1.29 is 42.7 Å². The van der Waals surface area contributed by atoms with Gasteiger partial charge in [0.05, 0.1) is 18.8 Å². The maximum atomic E-state index is 11.7. The molecule has 0 aliphatic rings. The van der Waals surface area contributed by atoms with Gasteiger partial charge in [0.1, 0.15) is 44.3 Å². The number of rotatable bonds is 36. The van der Waals surface area contributed by atoms with E-state index in [-0.39, 0.29) is 19.8 Å². The first-order valence-corrected chi connectivity index (χ1v) is 23.9. The number of ether oxygens (including phenoxy) is 7. The van der Waals surface area contributed by atoms with Crippen LogP contribution in [0, 0.1) is 0 Å². The number of carbonyl (C=O) groups is 2. The molecule has 0 saturated carbocycles. The van der Waals surface area contributed by atoms with Gasteiger partial charge in [0.25, 0.3) is 0 Å². The second-order valence-corrected chi connectivity index (χ2v) is 23.7. The molecular weight excluding hydrogens is 741 g/mol. The van der Waals surface area contributed by atoms with E-state index in [1.807, 2.05) is 13.8 Å². The van der Waals surface area contributed by atoms with Gasteiger partial charge in [-0.3, -0.25) is 0 Å². The molecule has 11 nitrogen and oxygen atoms in total. The third kappa shape index (κ3) is 26.8. The van der Waals surface area contributed by atoms with Crippen molar-refractivity contribution in [3.05, 3.63) is 100 Å². The molecule has 0 aromatic carbocycles. The molecule has 2 atom stereocenters. The van der Waals surface area contributed by atoms with E-state index in [1.165, 1.54) is 11.2 Å². The SMILES string of the molecule is C=CC(=C)CCC(C)(COC(=O)C=C)NC(=C)OCCOCCCS(C)(C)CS(C)(C)CCCOCCOC(=C)NC(C)(COC(=C)C=C)COC(=O)C=C. The summed E-state index contributed by atoms with van der Waals surface area (Å²) in [6, 6.07) is 0. The number of hydrogen-bond donors (Lipinski definition) is 2. The van der Waals surface area contributed by atoms with E-state index in [9.17, 15) is 9.59 Å². The Morgan fingerprint density at radius 3 is 1.45 bits per heavy atom. The van der Waals surface area contributed by atoms with Gasteiger partial charge in [0, 0.05) is 30.5 Å². The molecule has 13 heteroatoms. The van der Waals surface area contributed by atoms with Gasteiger partial charge in [0.15, 0.2) is 11.8 Å². The van der Waals surface area contributed by atoms with Gasteiger partial charge in [-0.15, -0.1) is 0 Å². The zero-order valence-electron chi connectivity index (χ0n) is 34.8. The Hall–Kier alpha value is -3.52. The van der Waals surface area contributed by atoms with Gasteiger partial charge in [-0.05, 0) is 95.3 Å². The summed E-state index contributed by atoms with van der Waals surface area (Å²) in [6.07, 6.45) is 18.4. The van der Waals surface area contributed by atoms with E-state index in [2.05, 4.69) is 88.3 Å². The van der Waals surface area contributed by atoms with Crippen molar-refractivity contribution in [2.75, 3.05) is 101 Å². The molecule has 0 radical (unpaired) electrons. The number of allylic oxidation sites excluding steroid dienone is 3. The fourth-order valence-electron chi connectivity index (χ4n) is 5.19. The minimum Gasteiger partial charge on any atom is -0.492 e. The van der Waals surface area contributed by atoms with E-state index in [4.69, 9.17) is 33.2 Å². The Kier molecular flexibility index (Phi) is 25.4. The Morgan fingerprint density at radius 2 is 1.02 bits per heavy atom. The first-order chi connectivity index (χ1) is 25.7. The van der Waals surface area contributed by atoms with E-state index in [1.54, 1.807) is 6.08 Å². The molecule has 0 heterocycles. The average Bonchev–Trinajstić information content (AvgIpc) is 3.12. The molecule has 2 N–H and O–H groups in total.